The molecule has 2 rings (SSSR count). The van der Waals surface area contributed by atoms with Crippen molar-refractivity contribution in [2.75, 3.05) is 11.9 Å². The molecule has 0 spiro atoms. The Balaban J connectivity index is 2.09. The first-order chi connectivity index (χ1) is 10.1. The van der Waals surface area contributed by atoms with Crippen LogP contribution in [0, 0.1) is 6.92 Å². The van der Waals surface area contributed by atoms with E-state index < -0.39 is 0 Å². The van der Waals surface area contributed by atoms with Crippen LogP contribution in [0.1, 0.15) is 35.1 Å². The third-order valence-electron chi connectivity index (χ3n) is 3.20. The number of nitrogens with zero attached hydrogens (tertiary/aromatic N) is 3. The lowest BCUT2D eigenvalue weighted by molar-refractivity contribution is 0.0950. The molecule has 2 N–H and O–H groups in total. The fourth-order valence-electron chi connectivity index (χ4n) is 1.98. The van der Waals surface area contributed by atoms with Crippen LogP contribution in [0.25, 0.3) is 0 Å². The minimum atomic E-state index is -0.114. The highest BCUT2D eigenvalue weighted by Gasteiger charge is 2.12. The summed E-state index contributed by atoms with van der Waals surface area (Å²) >= 11 is 0. The van der Waals surface area contributed by atoms with Gasteiger partial charge in [0, 0.05) is 19.3 Å². The van der Waals surface area contributed by atoms with Crippen molar-refractivity contribution in [2.45, 2.75) is 26.8 Å². The van der Waals surface area contributed by atoms with Gasteiger partial charge < -0.3 is 15.2 Å². The van der Waals surface area contributed by atoms with Gasteiger partial charge in [-0.15, -0.1) is 10.2 Å². The molecule has 21 heavy (non-hydrogen) atoms. The fourth-order valence-corrected chi connectivity index (χ4v) is 1.98. The maximum Gasteiger partial charge on any atom is 0.253 e. The van der Waals surface area contributed by atoms with Crippen molar-refractivity contribution >= 4 is 11.6 Å². The third kappa shape index (κ3) is 3.81. The van der Waals surface area contributed by atoms with Gasteiger partial charge in [0.15, 0.2) is 5.82 Å². The van der Waals surface area contributed by atoms with Gasteiger partial charge in [-0.25, -0.2) is 0 Å². The number of carbonyl (C=O) groups is 1. The maximum atomic E-state index is 12.3. The Morgan fingerprint density at radius 1 is 1.38 bits per heavy atom. The predicted molar refractivity (Wildman–Crippen MR) is 82.1 cm³/mol. The zero-order chi connectivity index (χ0) is 15.2. The number of amides is 1. The Hall–Kier alpha value is -2.37. The average molecular weight is 287 g/mol. The second kappa shape index (κ2) is 6.88. The summed E-state index contributed by atoms with van der Waals surface area (Å²) in [6.45, 7) is 5.30. The van der Waals surface area contributed by atoms with E-state index in [1.165, 1.54) is 0 Å². The first-order valence-corrected chi connectivity index (χ1v) is 7.07. The Labute approximate surface area is 124 Å². The van der Waals surface area contributed by atoms with E-state index in [2.05, 4.69) is 27.8 Å². The van der Waals surface area contributed by atoms with E-state index in [9.17, 15) is 4.79 Å². The molecule has 0 saturated carbocycles. The number of hydrogen-bond acceptors (Lipinski definition) is 4. The van der Waals surface area contributed by atoms with Crippen molar-refractivity contribution in [3.8, 4) is 0 Å². The summed E-state index contributed by atoms with van der Waals surface area (Å²) in [5.74, 6) is 0.607. The number of nitrogens with one attached hydrogen (secondary N) is 2. The molecule has 0 aliphatic carbocycles. The Morgan fingerprint density at radius 2 is 2.19 bits per heavy atom. The van der Waals surface area contributed by atoms with Crippen LogP contribution in [0.3, 0.4) is 0 Å². The van der Waals surface area contributed by atoms with Crippen molar-refractivity contribution < 1.29 is 4.79 Å². The van der Waals surface area contributed by atoms with E-state index in [0.29, 0.717) is 12.1 Å². The molecule has 0 saturated heterocycles. The Kier molecular flexibility index (Phi) is 4.92. The molecule has 112 valence electrons. The quantitative estimate of drug-likeness (QED) is 0.851. The number of benzene rings is 1. The molecule has 0 radical (unpaired) electrons. The lowest BCUT2D eigenvalue weighted by atomic mass is 10.1. The molecule has 0 atom stereocenters. The van der Waals surface area contributed by atoms with Gasteiger partial charge in [0.2, 0.25) is 0 Å². The second-order valence-corrected chi connectivity index (χ2v) is 5.02. The zero-order valence-electron chi connectivity index (χ0n) is 12.7. The van der Waals surface area contributed by atoms with Crippen molar-refractivity contribution in [3.05, 3.63) is 41.5 Å². The zero-order valence-corrected chi connectivity index (χ0v) is 12.7. The van der Waals surface area contributed by atoms with E-state index in [4.69, 9.17) is 0 Å². The van der Waals surface area contributed by atoms with Crippen molar-refractivity contribution in [1.82, 2.24) is 20.1 Å². The van der Waals surface area contributed by atoms with Gasteiger partial charge in [0.1, 0.15) is 6.33 Å². The van der Waals surface area contributed by atoms with Crippen LogP contribution >= 0.6 is 0 Å². The molecule has 1 heterocycles. The minimum absolute atomic E-state index is 0.114. The van der Waals surface area contributed by atoms with E-state index in [0.717, 1.165) is 30.0 Å². The molecule has 2 aromatic rings. The van der Waals surface area contributed by atoms with Gasteiger partial charge in [-0.1, -0.05) is 13.0 Å². The van der Waals surface area contributed by atoms with Crippen LogP contribution < -0.4 is 10.6 Å². The number of hydrogen-bond donors (Lipinski definition) is 2. The average Bonchev–Trinajstić information content (AvgIpc) is 2.88. The first-order valence-electron chi connectivity index (χ1n) is 7.07. The highest BCUT2D eigenvalue weighted by atomic mass is 16.1. The molecule has 0 unspecified atom stereocenters. The summed E-state index contributed by atoms with van der Waals surface area (Å²) in [5, 5.41) is 13.9. The van der Waals surface area contributed by atoms with E-state index in [1.54, 1.807) is 10.9 Å². The van der Waals surface area contributed by atoms with Gasteiger partial charge in [-0.05, 0) is 31.0 Å². The van der Waals surface area contributed by atoms with E-state index in [1.807, 2.05) is 32.2 Å². The highest BCUT2D eigenvalue weighted by molar-refractivity contribution is 5.99. The van der Waals surface area contributed by atoms with Gasteiger partial charge in [-0.2, -0.15) is 0 Å². The van der Waals surface area contributed by atoms with Crippen molar-refractivity contribution in [3.63, 3.8) is 0 Å². The van der Waals surface area contributed by atoms with Gasteiger partial charge >= 0.3 is 0 Å². The van der Waals surface area contributed by atoms with Crippen LogP contribution in [-0.4, -0.2) is 27.2 Å². The lowest BCUT2D eigenvalue weighted by Crippen LogP contribution is -2.25. The smallest absolute Gasteiger partial charge is 0.253 e. The second-order valence-electron chi connectivity index (χ2n) is 5.02. The molecule has 0 bridgehead atoms. The standard InChI is InChI=1S/C15H21N5O/c1-4-7-16-13-8-11(2)5-6-12(13)15(21)17-9-14-19-18-10-20(14)3/h5-6,8,10,16H,4,7,9H2,1-3H3,(H,17,21). The van der Waals surface area contributed by atoms with Gasteiger partial charge in [-0.3, -0.25) is 4.79 Å². The van der Waals surface area contributed by atoms with Crippen LogP contribution in [0.4, 0.5) is 5.69 Å². The summed E-state index contributed by atoms with van der Waals surface area (Å²) in [4.78, 5) is 12.3. The summed E-state index contributed by atoms with van der Waals surface area (Å²) in [6, 6.07) is 5.78. The molecule has 6 heteroatoms. The molecule has 0 aliphatic heterocycles. The monoisotopic (exact) mass is 287 g/mol. The molecule has 6 nitrogen and oxygen atoms in total. The number of rotatable bonds is 6. The molecule has 1 aromatic carbocycles. The maximum absolute atomic E-state index is 12.3. The number of anilines is 1. The topological polar surface area (TPSA) is 71.8 Å². The van der Waals surface area contributed by atoms with Crippen LogP contribution in [0.2, 0.25) is 0 Å². The molecular formula is C15H21N5O. The van der Waals surface area contributed by atoms with Crippen LogP contribution in [0.5, 0.6) is 0 Å². The van der Waals surface area contributed by atoms with Crippen molar-refractivity contribution in [1.29, 1.82) is 0 Å². The normalized spacial score (nSPS) is 10.4. The SMILES string of the molecule is CCCNc1cc(C)ccc1C(=O)NCc1nncn1C. The molecule has 0 aliphatic rings. The largest absolute Gasteiger partial charge is 0.384 e. The number of aromatic nitrogens is 3. The summed E-state index contributed by atoms with van der Waals surface area (Å²) in [7, 11) is 1.85. The fraction of sp³-hybridized carbons (Fsp3) is 0.400. The van der Waals surface area contributed by atoms with Gasteiger partial charge in [0.05, 0.1) is 12.1 Å². The molecule has 1 aromatic heterocycles. The number of carbonyl (C=O) groups excluding carboxylic acids is 1. The summed E-state index contributed by atoms with van der Waals surface area (Å²) < 4.78 is 1.78. The summed E-state index contributed by atoms with van der Waals surface area (Å²) in [6.07, 6.45) is 2.62. The minimum Gasteiger partial charge on any atom is -0.384 e. The third-order valence-corrected chi connectivity index (χ3v) is 3.20. The van der Waals surface area contributed by atoms with Gasteiger partial charge in [0.25, 0.3) is 5.91 Å². The lowest BCUT2D eigenvalue weighted by Gasteiger charge is -2.12. The molecule has 1 amide bonds. The van der Waals surface area contributed by atoms with E-state index >= 15 is 0 Å². The highest BCUT2D eigenvalue weighted by Crippen LogP contribution is 2.17. The molecule has 0 fully saturated rings. The van der Waals surface area contributed by atoms with Crippen LogP contribution in [-0.2, 0) is 13.6 Å². The molecular weight excluding hydrogens is 266 g/mol. The Morgan fingerprint density at radius 3 is 2.86 bits per heavy atom. The summed E-state index contributed by atoms with van der Waals surface area (Å²) in [5.41, 5.74) is 2.64. The number of aryl methyl sites for hydroxylation is 2. The first kappa shape index (κ1) is 15.0. The van der Waals surface area contributed by atoms with Crippen molar-refractivity contribution in [2.24, 2.45) is 7.05 Å². The predicted octanol–water partition coefficient (Wildman–Crippen LogP) is 1.88. The van der Waals surface area contributed by atoms with Crippen LogP contribution in [0.15, 0.2) is 24.5 Å². The van der Waals surface area contributed by atoms with E-state index in [-0.39, 0.29) is 5.91 Å². The Bertz CT molecular complexity index is 620.